The molecule has 0 atom stereocenters. The summed E-state index contributed by atoms with van der Waals surface area (Å²) in [5.41, 5.74) is 4.73. The number of aryl methyl sites for hydroxylation is 2. The molecule has 1 fully saturated rings. The molecule has 2 aromatic carbocycles. The third-order valence-electron chi connectivity index (χ3n) is 4.96. The number of nitrogens with one attached hydrogen (secondary N) is 1. The van der Waals surface area contributed by atoms with Gasteiger partial charge in [-0.05, 0) is 73.5 Å². The van der Waals surface area contributed by atoms with Gasteiger partial charge in [-0.15, -0.1) is 0 Å². The van der Waals surface area contributed by atoms with Crippen LogP contribution in [-0.4, -0.2) is 16.7 Å². The number of anilines is 1. The van der Waals surface area contributed by atoms with E-state index in [4.69, 9.17) is 16.0 Å². The van der Waals surface area contributed by atoms with Gasteiger partial charge in [0.1, 0.15) is 17.1 Å². The van der Waals surface area contributed by atoms with Gasteiger partial charge in [-0.25, -0.2) is 5.01 Å². The number of hydrazine groups is 1. The van der Waals surface area contributed by atoms with Crippen LogP contribution in [0.15, 0.2) is 58.5 Å². The summed E-state index contributed by atoms with van der Waals surface area (Å²) >= 11 is 5.86. The number of amides is 2. The van der Waals surface area contributed by atoms with Crippen molar-refractivity contribution in [2.45, 2.75) is 13.8 Å². The van der Waals surface area contributed by atoms with Crippen molar-refractivity contribution >= 4 is 40.9 Å². The Balaban J connectivity index is 1.67. The van der Waals surface area contributed by atoms with E-state index >= 15 is 0 Å². The molecule has 1 aliphatic rings. The lowest BCUT2D eigenvalue weighted by Gasteiger charge is -2.14. The van der Waals surface area contributed by atoms with Crippen molar-refractivity contribution < 1.29 is 18.9 Å². The molecule has 9 heteroatoms. The molecular weight excluding hydrogens is 422 g/mol. The smallest absolute Gasteiger partial charge is 0.282 e. The van der Waals surface area contributed by atoms with Gasteiger partial charge in [0, 0.05) is 11.1 Å². The predicted molar refractivity (Wildman–Crippen MR) is 115 cm³/mol. The summed E-state index contributed by atoms with van der Waals surface area (Å²) in [4.78, 5) is 36.1. The number of halogens is 1. The van der Waals surface area contributed by atoms with E-state index in [0.29, 0.717) is 16.3 Å². The Labute approximate surface area is 181 Å². The molecule has 2 amide bonds. The third-order valence-corrected chi connectivity index (χ3v) is 5.22. The average molecular weight is 438 g/mol. The molecule has 1 aliphatic heterocycles. The Bertz CT molecular complexity index is 1260. The Morgan fingerprint density at radius 2 is 1.74 bits per heavy atom. The van der Waals surface area contributed by atoms with Crippen LogP contribution in [0.5, 0.6) is 0 Å². The van der Waals surface area contributed by atoms with Crippen LogP contribution in [0.1, 0.15) is 16.9 Å². The zero-order valence-electron chi connectivity index (χ0n) is 16.5. The Morgan fingerprint density at radius 1 is 1.06 bits per heavy atom. The van der Waals surface area contributed by atoms with Crippen molar-refractivity contribution in [2.75, 3.05) is 5.01 Å². The first-order valence-corrected chi connectivity index (χ1v) is 9.61. The maximum Gasteiger partial charge on any atom is 0.282 e. The molecule has 8 nitrogen and oxygen atoms in total. The van der Waals surface area contributed by atoms with Crippen LogP contribution in [0, 0.1) is 24.0 Å². The minimum atomic E-state index is -0.588. The summed E-state index contributed by atoms with van der Waals surface area (Å²) in [6, 6.07) is 12.7. The molecule has 0 saturated carbocycles. The van der Waals surface area contributed by atoms with E-state index in [9.17, 15) is 19.7 Å². The van der Waals surface area contributed by atoms with Crippen molar-refractivity contribution in [3.63, 3.8) is 0 Å². The fraction of sp³-hybridized carbons (Fsp3) is 0.0909. The fourth-order valence-electron chi connectivity index (χ4n) is 3.20. The molecular formula is C22H16ClN3O5. The lowest BCUT2D eigenvalue weighted by atomic mass is 10.0. The number of carbonyl (C=O) groups excluding carboxylic acids is 2. The van der Waals surface area contributed by atoms with Crippen molar-refractivity contribution in [3.8, 4) is 11.3 Å². The first-order chi connectivity index (χ1) is 14.7. The highest BCUT2D eigenvalue weighted by Gasteiger charge is 2.34. The van der Waals surface area contributed by atoms with E-state index < -0.39 is 16.7 Å². The summed E-state index contributed by atoms with van der Waals surface area (Å²) in [5, 5.41) is 13.1. The van der Waals surface area contributed by atoms with Gasteiger partial charge in [0.25, 0.3) is 17.5 Å². The molecule has 156 valence electrons. The van der Waals surface area contributed by atoms with Gasteiger partial charge in [-0.2, -0.15) is 0 Å². The van der Waals surface area contributed by atoms with Crippen LogP contribution >= 0.6 is 11.6 Å². The monoisotopic (exact) mass is 437 g/mol. The van der Waals surface area contributed by atoms with Crippen LogP contribution in [-0.2, 0) is 9.59 Å². The molecule has 0 unspecified atom stereocenters. The predicted octanol–water partition coefficient (Wildman–Crippen LogP) is 4.59. The van der Waals surface area contributed by atoms with Crippen LogP contribution in [0.3, 0.4) is 0 Å². The summed E-state index contributed by atoms with van der Waals surface area (Å²) in [5.74, 6) is -0.654. The fourth-order valence-corrected chi connectivity index (χ4v) is 3.32. The van der Waals surface area contributed by atoms with Crippen molar-refractivity contribution in [3.05, 3.63) is 86.1 Å². The third kappa shape index (κ3) is 3.80. The molecule has 1 N–H and O–H groups in total. The van der Waals surface area contributed by atoms with Gasteiger partial charge < -0.3 is 4.42 Å². The highest BCUT2D eigenvalue weighted by atomic mass is 35.5. The van der Waals surface area contributed by atoms with Gasteiger partial charge in [0.15, 0.2) is 0 Å². The maximum absolute atomic E-state index is 12.7. The molecule has 0 aliphatic carbocycles. The molecule has 1 saturated heterocycles. The van der Waals surface area contributed by atoms with Gasteiger partial charge >= 0.3 is 0 Å². The molecule has 31 heavy (non-hydrogen) atoms. The lowest BCUT2D eigenvalue weighted by Crippen LogP contribution is -2.35. The van der Waals surface area contributed by atoms with Gasteiger partial charge in [0.05, 0.1) is 16.2 Å². The highest BCUT2D eigenvalue weighted by Crippen LogP contribution is 2.34. The first-order valence-electron chi connectivity index (χ1n) is 9.23. The van der Waals surface area contributed by atoms with E-state index in [1.165, 1.54) is 12.1 Å². The van der Waals surface area contributed by atoms with E-state index in [2.05, 4.69) is 5.43 Å². The highest BCUT2D eigenvalue weighted by molar-refractivity contribution is 6.32. The second-order valence-corrected chi connectivity index (χ2v) is 7.47. The number of hydrogen-bond donors (Lipinski definition) is 1. The maximum atomic E-state index is 12.7. The van der Waals surface area contributed by atoms with E-state index in [1.807, 2.05) is 6.92 Å². The number of benzene rings is 2. The average Bonchev–Trinajstić information content (AvgIpc) is 3.30. The Kier molecular flexibility index (Phi) is 5.08. The normalized spacial score (nSPS) is 14.9. The molecule has 0 bridgehead atoms. The van der Waals surface area contributed by atoms with Gasteiger partial charge in [0.2, 0.25) is 0 Å². The van der Waals surface area contributed by atoms with Crippen LogP contribution < -0.4 is 10.4 Å². The lowest BCUT2D eigenvalue weighted by molar-refractivity contribution is -0.384. The number of nitrogens with zero attached hydrogens (tertiary/aromatic N) is 2. The minimum absolute atomic E-state index is 0.0831. The van der Waals surface area contributed by atoms with Crippen molar-refractivity contribution in [2.24, 2.45) is 0 Å². The first kappa shape index (κ1) is 20.4. The zero-order chi connectivity index (χ0) is 22.3. The quantitative estimate of drug-likeness (QED) is 0.278. The summed E-state index contributed by atoms with van der Waals surface area (Å²) in [7, 11) is 0. The number of carbonyl (C=O) groups is 2. The van der Waals surface area contributed by atoms with Crippen molar-refractivity contribution in [1.29, 1.82) is 0 Å². The summed E-state index contributed by atoms with van der Waals surface area (Å²) < 4.78 is 5.72. The summed E-state index contributed by atoms with van der Waals surface area (Å²) in [6.07, 6.45) is 1.31. The Hall–Kier alpha value is -3.91. The molecule has 2 heterocycles. The van der Waals surface area contributed by atoms with E-state index in [0.717, 1.165) is 16.1 Å². The van der Waals surface area contributed by atoms with E-state index in [-0.39, 0.29) is 22.8 Å². The number of nitro groups is 1. The van der Waals surface area contributed by atoms with Crippen LogP contribution in [0.4, 0.5) is 11.4 Å². The largest absolute Gasteiger partial charge is 0.456 e. The minimum Gasteiger partial charge on any atom is -0.456 e. The van der Waals surface area contributed by atoms with Crippen LogP contribution in [0.25, 0.3) is 17.4 Å². The second kappa shape index (κ2) is 7.73. The number of hydrogen-bond acceptors (Lipinski definition) is 5. The molecule has 1 aromatic heterocycles. The molecule has 0 spiro atoms. The number of furan rings is 1. The molecule has 4 rings (SSSR count). The SMILES string of the molecule is Cc1cc(-c2ccc(/C=C3\C(=O)NN(c4ccc(Cl)cc4)C3=O)o2)c([N+](=O)[O-])cc1C. The zero-order valence-corrected chi connectivity index (χ0v) is 17.3. The standard InChI is InChI=1S/C22H16ClN3O5/c1-12-9-17(19(26(29)30)10-13(12)2)20-8-7-16(31-20)11-18-21(27)24-25(22(18)28)15-5-3-14(23)4-6-15/h3-11H,1-2H3,(H,24,27)/b18-11+. The topological polar surface area (TPSA) is 106 Å². The number of rotatable bonds is 4. The van der Waals surface area contributed by atoms with E-state index in [1.54, 1.807) is 49.4 Å². The second-order valence-electron chi connectivity index (χ2n) is 7.03. The van der Waals surface area contributed by atoms with Gasteiger partial charge in [-0.1, -0.05) is 11.6 Å². The van der Waals surface area contributed by atoms with Gasteiger partial charge in [-0.3, -0.25) is 25.1 Å². The Morgan fingerprint density at radius 3 is 2.42 bits per heavy atom. The molecule has 3 aromatic rings. The molecule has 0 radical (unpaired) electrons. The summed E-state index contributed by atoms with van der Waals surface area (Å²) in [6.45, 7) is 3.64. The number of nitro benzene ring substituents is 1. The van der Waals surface area contributed by atoms with Crippen molar-refractivity contribution in [1.82, 2.24) is 5.43 Å². The van der Waals surface area contributed by atoms with Crippen LogP contribution in [0.2, 0.25) is 5.02 Å².